The molecule has 2 rings (SSSR count). The first-order chi connectivity index (χ1) is 9.40. The fourth-order valence-corrected chi connectivity index (χ4v) is 3.51. The zero-order valence-corrected chi connectivity index (χ0v) is 12.7. The van der Waals surface area contributed by atoms with Gasteiger partial charge in [0.2, 0.25) is 0 Å². The van der Waals surface area contributed by atoms with Gasteiger partial charge in [0.15, 0.2) is 11.5 Å². The number of hydrogen-bond donors (Lipinski definition) is 1. The predicted molar refractivity (Wildman–Crippen MR) is 76.6 cm³/mol. The van der Waals surface area contributed by atoms with Gasteiger partial charge in [0.25, 0.3) is 0 Å². The first-order valence-corrected chi connectivity index (χ1v) is 7.35. The summed E-state index contributed by atoms with van der Waals surface area (Å²) >= 11 is 1.21. The Balaban J connectivity index is 2.38. The maximum Gasteiger partial charge on any atom is 0.356 e. The van der Waals surface area contributed by atoms with Crippen molar-refractivity contribution in [2.45, 2.75) is 19.4 Å². The highest BCUT2D eigenvalue weighted by Gasteiger charge is 2.29. The molecular formula is C13H19N3O3S. The van der Waals surface area contributed by atoms with Crippen LogP contribution in [0.1, 0.15) is 44.6 Å². The van der Waals surface area contributed by atoms with Gasteiger partial charge in [0.05, 0.1) is 6.04 Å². The van der Waals surface area contributed by atoms with Crippen LogP contribution >= 0.6 is 11.3 Å². The summed E-state index contributed by atoms with van der Waals surface area (Å²) in [6, 6.07) is 0.0405. The number of Topliss-reactive ketones (excluding diaryl/α,β-unsaturated/α-hetero) is 1. The summed E-state index contributed by atoms with van der Waals surface area (Å²) in [5.41, 5.74) is -0.113. The third-order valence-electron chi connectivity index (χ3n) is 3.52. The number of aromatic nitrogens is 1. The van der Waals surface area contributed by atoms with E-state index >= 15 is 0 Å². The van der Waals surface area contributed by atoms with E-state index in [1.807, 2.05) is 14.1 Å². The third kappa shape index (κ3) is 3.05. The van der Waals surface area contributed by atoms with Crippen LogP contribution in [0.15, 0.2) is 0 Å². The first kappa shape index (κ1) is 15.1. The molecular weight excluding hydrogens is 278 g/mol. The van der Waals surface area contributed by atoms with Gasteiger partial charge in [-0.2, -0.15) is 0 Å². The van der Waals surface area contributed by atoms with Crippen LogP contribution in [0.2, 0.25) is 0 Å². The molecule has 1 aliphatic rings. The molecule has 1 aromatic heterocycles. The van der Waals surface area contributed by atoms with E-state index in [4.69, 9.17) is 5.11 Å². The van der Waals surface area contributed by atoms with Crippen molar-refractivity contribution in [3.05, 3.63) is 15.6 Å². The molecule has 0 spiro atoms. The maximum atomic E-state index is 11.6. The molecule has 0 radical (unpaired) electrons. The Morgan fingerprint density at radius 3 is 2.60 bits per heavy atom. The summed E-state index contributed by atoms with van der Waals surface area (Å²) < 4.78 is 0. The minimum atomic E-state index is -1.14. The van der Waals surface area contributed by atoms with Crippen LogP contribution in [0.3, 0.4) is 0 Å². The fraction of sp³-hybridized carbons (Fsp3) is 0.615. The second-order valence-electron chi connectivity index (χ2n) is 5.20. The first-order valence-electron chi connectivity index (χ1n) is 6.54. The van der Waals surface area contributed by atoms with Crippen LogP contribution in [0.25, 0.3) is 0 Å². The van der Waals surface area contributed by atoms with E-state index in [-0.39, 0.29) is 22.4 Å². The van der Waals surface area contributed by atoms with Crippen molar-refractivity contribution >= 4 is 23.1 Å². The molecule has 1 N–H and O–H groups in total. The van der Waals surface area contributed by atoms with E-state index in [9.17, 15) is 9.59 Å². The highest BCUT2D eigenvalue weighted by Crippen LogP contribution is 2.29. The van der Waals surface area contributed by atoms with Crippen molar-refractivity contribution in [1.29, 1.82) is 0 Å². The summed E-state index contributed by atoms with van der Waals surface area (Å²) in [7, 11) is 4.06. The number of carbonyl (C=O) groups is 2. The van der Waals surface area contributed by atoms with Gasteiger partial charge in [-0.05, 0) is 33.6 Å². The Bertz CT molecular complexity index is 497. The van der Waals surface area contributed by atoms with Gasteiger partial charge in [-0.1, -0.05) is 0 Å². The summed E-state index contributed by atoms with van der Waals surface area (Å²) in [6.45, 7) is 4.12. The van der Waals surface area contributed by atoms with Crippen molar-refractivity contribution in [2.75, 3.05) is 33.7 Å². The molecule has 1 unspecified atom stereocenters. The molecule has 2 heterocycles. The lowest BCUT2D eigenvalue weighted by Crippen LogP contribution is -2.30. The van der Waals surface area contributed by atoms with E-state index in [1.165, 1.54) is 18.3 Å². The van der Waals surface area contributed by atoms with Crippen LogP contribution < -0.4 is 0 Å². The Hall–Kier alpha value is -1.31. The summed E-state index contributed by atoms with van der Waals surface area (Å²) in [6.07, 6.45) is 1.07. The number of carboxylic acid groups (broad SMARTS) is 1. The molecule has 110 valence electrons. The molecule has 0 aliphatic carbocycles. The highest BCUT2D eigenvalue weighted by molar-refractivity contribution is 7.14. The van der Waals surface area contributed by atoms with Gasteiger partial charge in [-0.25, -0.2) is 9.78 Å². The van der Waals surface area contributed by atoms with E-state index < -0.39 is 5.97 Å². The van der Waals surface area contributed by atoms with E-state index in [0.717, 1.165) is 26.1 Å². The Morgan fingerprint density at radius 1 is 1.35 bits per heavy atom. The summed E-state index contributed by atoms with van der Waals surface area (Å²) in [5.74, 6) is -1.38. The molecule has 0 bridgehead atoms. The molecule has 20 heavy (non-hydrogen) atoms. The quantitative estimate of drug-likeness (QED) is 0.849. The van der Waals surface area contributed by atoms with Gasteiger partial charge >= 0.3 is 5.97 Å². The zero-order valence-electron chi connectivity index (χ0n) is 11.9. The van der Waals surface area contributed by atoms with Crippen LogP contribution in [0.5, 0.6) is 0 Å². The van der Waals surface area contributed by atoms with Gasteiger partial charge in [-0.15, -0.1) is 11.3 Å². The standard InChI is InChI=1S/C13H19N3O3S/c1-8(17)11-10(13(18)19)14-12(20-11)9-7-15(2)5-4-6-16(9)3/h9H,4-7H2,1-3H3,(H,18,19). The number of likely N-dealkylation sites (N-methyl/N-ethyl adjacent to an activating group) is 2. The topological polar surface area (TPSA) is 73.7 Å². The van der Waals surface area contributed by atoms with Crippen LogP contribution in [0.4, 0.5) is 0 Å². The maximum absolute atomic E-state index is 11.6. The van der Waals surface area contributed by atoms with E-state index in [0.29, 0.717) is 5.01 Å². The lowest BCUT2D eigenvalue weighted by atomic mass is 10.2. The average Bonchev–Trinajstić information content (AvgIpc) is 2.73. The summed E-state index contributed by atoms with van der Waals surface area (Å²) in [4.78, 5) is 31.6. The number of ketones is 1. The average molecular weight is 297 g/mol. The Kier molecular flexibility index (Phi) is 4.52. The van der Waals surface area contributed by atoms with Crippen molar-refractivity contribution in [2.24, 2.45) is 0 Å². The molecule has 6 nitrogen and oxygen atoms in total. The number of thiazole rings is 1. The largest absolute Gasteiger partial charge is 0.476 e. The normalized spacial score (nSPS) is 21.6. The smallest absolute Gasteiger partial charge is 0.356 e. The summed E-state index contributed by atoms with van der Waals surface area (Å²) in [5, 5.41) is 9.88. The zero-order chi connectivity index (χ0) is 14.9. The number of hydrogen-bond acceptors (Lipinski definition) is 6. The number of carboxylic acids is 1. The van der Waals surface area contributed by atoms with E-state index in [2.05, 4.69) is 14.8 Å². The molecule has 0 saturated carbocycles. The monoisotopic (exact) mass is 297 g/mol. The Labute approximate surface area is 122 Å². The van der Waals surface area contributed by atoms with Crippen LogP contribution in [-0.2, 0) is 0 Å². The predicted octanol–water partition coefficient (Wildman–Crippen LogP) is 1.35. The Morgan fingerprint density at radius 2 is 2.05 bits per heavy atom. The lowest BCUT2D eigenvalue weighted by Gasteiger charge is -2.25. The second-order valence-corrected chi connectivity index (χ2v) is 6.23. The molecule has 1 aliphatic heterocycles. The number of rotatable bonds is 3. The van der Waals surface area contributed by atoms with Crippen molar-refractivity contribution < 1.29 is 14.7 Å². The van der Waals surface area contributed by atoms with Gasteiger partial charge in [0.1, 0.15) is 9.88 Å². The van der Waals surface area contributed by atoms with Crippen molar-refractivity contribution in [3.63, 3.8) is 0 Å². The molecule has 1 atom stereocenters. The molecule has 0 amide bonds. The minimum absolute atomic E-state index is 0.0405. The third-order valence-corrected chi connectivity index (χ3v) is 4.78. The molecule has 1 fully saturated rings. The van der Waals surface area contributed by atoms with Gasteiger partial charge in [-0.3, -0.25) is 9.69 Å². The van der Waals surface area contributed by atoms with Crippen LogP contribution in [-0.4, -0.2) is 65.4 Å². The molecule has 7 heteroatoms. The van der Waals surface area contributed by atoms with Gasteiger partial charge < -0.3 is 10.0 Å². The number of aromatic carboxylic acids is 1. The molecule has 0 aromatic carbocycles. The van der Waals surface area contributed by atoms with Crippen molar-refractivity contribution in [1.82, 2.24) is 14.8 Å². The highest BCUT2D eigenvalue weighted by atomic mass is 32.1. The minimum Gasteiger partial charge on any atom is -0.476 e. The molecule has 1 saturated heterocycles. The van der Waals surface area contributed by atoms with Crippen LogP contribution in [0, 0.1) is 0 Å². The SMILES string of the molecule is CC(=O)c1sc(C2CN(C)CCCN2C)nc1C(=O)O. The van der Waals surface area contributed by atoms with E-state index in [1.54, 1.807) is 0 Å². The second kappa shape index (κ2) is 5.99. The number of nitrogens with zero attached hydrogens (tertiary/aromatic N) is 3. The fourth-order valence-electron chi connectivity index (χ4n) is 2.40. The lowest BCUT2D eigenvalue weighted by molar-refractivity contribution is 0.0686. The van der Waals surface area contributed by atoms with Gasteiger partial charge in [0, 0.05) is 13.5 Å². The van der Waals surface area contributed by atoms with Crippen molar-refractivity contribution in [3.8, 4) is 0 Å². The number of carbonyl (C=O) groups excluding carboxylic acids is 1. The molecule has 1 aromatic rings.